The van der Waals surface area contributed by atoms with Crippen LogP contribution in [0.1, 0.15) is 20.8 Å². The molecule has 0 aliphatic rings. The Morgan fingerprint density at radius 3 is 2.60 bits per heavy atom. The van der Waals surface area contributed by atoms with Crippen LogP contribution in [0.3, 0.4) is 0 Å². The minimum atomic E-state index is 0.0624. The number of hydrogen-bond acceptors (Lipinski definition) is 2. The third kappa shape index (κ3) is 7.37. The molecule has 0 spiro atoms. The van der Waals surface area contributed by atoms with Crippen LogP contribution in [0, 0.1) is 0 Å². The minimum Gasteiger partial charge on any atom is -0.375 e. The Balaban J connectivity index is 3.27. The monoisotopic (exact) mass is 142 g/mol. The van der Waals surface area contributed by atoms with Crippen molar-refractivity contribution < 1.29 is 9.53 Å². The van der Waals surface area contributed by atoms with Crippen molar-refractivity contribution >= 4 is 5.78 Å². The standard InChI is InChI=1S/C8H14O2/c1-7(2)10-6-4-5-8(3)9/h4-5,7H,6H2,1-3H3/b5-4+. The predicted molar refractivity (Wildman–Crippen MR) is 40.9 cm³/mol. The Morgan fingerprint density at radius 2 is 2.20 bits per heavy atom. The summed E-state index contributed by atoms with van der Waals surface area (Å²) >= 11 is 0. The van der Waals surface area contributed by atoms with Gasteiger partial charge in [-0.1, -0.05) is 6.08 Å². The normalized spacial score (nSPS) is 11.2. The fourth-order valence-electron chi connectivity index (χ4n) is 0.462. The van der Waals surface area contributed by atoms with E-state index in [4.69, 9.17) is 4.74 Å². The number of rotatable bonds is 4. The van der Waals surface area contributed by atoms with E-state index >= 15 is 0 Å². The summed E-state index contributed by atoms with van der Waals surface area (Å²) in [6.07, 6.45) is 3.47. The summed E-state index contributed by atoms with van der Waals surface area (Å²) in [6, 6.07) is 0. The smallest absolute Gasteiger partial charge is 0.152 e. The average molecular weight is 142 g/mol. The Bertz CT molecular complexity index is 125. The van der Waals surface area contributed by atoms with Crippen LogP contribution in [0.2, 0.25) is 0 Å². The first-order valence-electron chi connectivity index (χ1n) is 3.41. The fraction of sp³-hybridized carbons (Fsp3) is 0.625. The Morgan fingerprint density at radius 1 is 1.60 bits per heavy atom. The zero-order chi connectivity index (χ0) is 7.98. The Kier molecular flexibility index (Phi) is 4.85. The summed E-state index contributed by atoms with van der Waals surface area (Å²) in [7, 11) is 0. The van der Waals surface area contributed by atoms with Gasteiger partial charge in [0.2, 0.25) is 0 Å². The van der Waals surface area contributed by atoms with Crippen molar-refractivity contribution in [3.05, 3.63) is 12.2 Å². The van der Waals surface area contributed by atoms with Gasteiger partial charge >= 0.3 is 0 Å². The highest BCUT2D eigenvalue weighted by Crippen LogP contribution is 1.87. The topological polar surface area (TPSA) is 26.3 Å². The maximum atomic E-state index is 10.3. The molecular weight excluding hydrogens is 128 g/mol. The second-order valence-corrected chi connectivity index (χ2v) is 2.40. The molecule has 0 aromatic carbocycles. The van der Waals surface area contributed by atoms with Crippen LogP contribution < -0.4 is 0 Å². The lowest BCUT2D eigenvalue weighted by Gasteiger charge is -2.01. The van der Waals surface area contributed by atoms with E-state index < -0.39 is 0 Å². The molecule has 0 saturated heterocycles. The summed E-state index contributed by atoms with van der Waals surface area (Å²) in [4.78, 5) is 10.3. The van der Waals surface area contributed by atoms with Crippen molar-refractivity contribution in [2.75, 3.05) is 6.61 Å². The number of ether oxygens (including phenoxy) is 1. The summed E-state index contributed by atoms with van der Waals surface area (Å²) in [6.45, 7) is 5.96. The molecule has 0 unspecified atom stereocenters. The van der Waals surface area contributed by atoms with E-state index in [9.17, 15) is 4.79 Å². The minimum absolute atomic E-state index is 0.0624. The summed E-state index contributed by atoms with van der Waals surface area (Å²) in [5.74, 6) is 0.0624. The van der Waals surface area contributed by atoms with Crippen molar-refractivity contribution in [2.45, 2.75) is 26.9 Å². The first kappa shape index (κ1) is 9.37. The van der Waals surface area contributed by atoms with Crippen LogP contribution in [0.25, 0.3) is 0 Å². The van der Waals surface area contributed by atoms with Gasteiger partial charge in [-0.15, -0.1) is 0 Å². The highest BCUT2D eigenvalue weighted by atomic mass is 16.5. The van der Waals surface area contributed by atoms with Crippen molar-refractivity contribution in [1.82, 2.24) is 0 Å². The number of carbonyl (C=O) groups excluding carboxylic acids is 1. The molecule has 2 heteroatoms. The lowest BCUT2D eigenvalue weighted by molar-refractivity contribution is -0.112. The van der Waals surface area contributed by atoms with Gasteiger partial charge in [0, 0.05) is 0 Å². The molecule has 0 heterocycles. The molecule has 0 bridgehead atoms. The fourth-order valence-corrected chi connectivity index (χ4v) is 0.462. The number of carbonyl (C=O) groups is 1. The molecule has 0 rings (SSSR count). The number of allylic oxidation sites excluding steroid dienone is 1. The molecule has 0 fully saturated rings. The van der Waals surface area contributed by atoms with Crippen molar-refractivity contribution in [3.63, 3.8) is 0 Å². The molecule has 58 valence electrons. The van der Waals surface area contributed by atoms with E-state index in [2.05, 4.69) is 0 Å². The molecule has 0 aliphatic carbocycles. The van der Waals surface area contributed by atoms with Gasteiger partial charge in [-0.2, -0.15) is 0 Å². The van der Waals surface area contributed by atoms with Gasteiger partial charge in [0.1, 0.15) is 0 Å². The van der Waals surface area contributed by atoms with Gasteiger partial charge in [-0.05, 0) is 26.8 Å². The molecule has 10 heavy (non-hydrogen) atoms. The van der Waals surface area contributed by atoms with Crippen LogP contribution in [0.4, 0.5) is 0 Å². The molecule has 0 amide bonds. The maximum Gasteiger partial charge on any atom is 0.152 e. The average Bonchev–Trinajstić information content (AvgIpc) is 1.79. The molecular formula is C8H14O2. The highest BCUT2D eigenvalue weighted by molar-refractivity contribution is 5.87. The second-order valence-electron chi connectivity index (χ2n) is 2.40. The second kappa shape index (κ2) is 5.18. The van der Waals surface area contributed by atoms with E-state index in [0.29, 0.717) is 6.61 Å². The molecule has 0 saturated carbocycles. The zero-order valence-corrected chi connectivity index (χ0v) is 6.76. The molecule has 0 aliphatic heterocycles. The van der Waals surface area contributed by atoms with Gasteiger partial charge in [-0.25, -0.2) is 0 Å². The molecule has 0 aromatic rings. The molecule has 0 atom stereocenters. The van der Waals surface area contributed by atoms with Gasteiger partial charge in [0.05, 0.1) is 12.7 Å². The van der Waals surface area contributed by atoms with Crippen molar-refractivity contribution in [3.8, 4) is 0 Å². The molecule has 0 aromatic heterocycles. The van der Waals surface area contributed by atoms with Gasteiger partial charge in [-0.3, -0.25) is 4.79 Å². The lowest BCUT2D eigenvalue weighted by Crippen LogP contribution is -2.01. The SMILES string of the molecule is CC(=O)/C=C/COC(C)C. The van der Waals surface area contributed by atoms with Crippen molar-refractivity contribution in [2.24, 2.45) is 0 Å². The van der Waals surface area contributed by atoms with Crippen LogP contribution in [0.5, 0.6) is 0 Å². The third-order valence-electron chi connectivity index (χ3n) is 0.878. The van der Waals surface area contributed by atoms with Crippen LogP contribution in [0.15, 0.2) is 12.2 Å². The van der Waals surface area contributed by atoms with E-state index in [0.717, 1.165) is 0 Å². The van der Waals surface area contributed by atoms with Crippen LogP contribution in [-0.4, -0.2) is 18.5 Å². The summed E-state index contributed by atoms with van der Waals surface area (Å²) in [5, 5.41) is 0. The van der Waals surface area contributed by atoms with Crippen LogP contribution in [-0.2, 0) is 9.53 Å². The molecule has 2 nitrogen and oxygen atoms in total. The first-order valence-corrected chi connectivity index (χ1v) is 3.41. The Hall–Kier alpha value is -0.630. The van der Waals surface area contributed by atoms with E-state index in [1.165, 1.54) is 13.0 Å². The molecule has 0 N–H and O–H groups in total. The maximum absolute atomic E-state index is 10.3. The third-order valence-corrected chi connectivity index (χ3v) is 0.878. The van der Waals surface area contributed by atoms with Gasteiger partial charge in [0.15, 0.2) is 5.78 Å². The van der Waals surface area contributed by atoms with Crippen molar-refractivity contribution in [1.29, 1.82) is 0 Å². The highest BCUT2D eigenvalue weighted by Gasteiger charge is 1.88. The number of ketones is 1. The van der Waals surface area contributed by atoms with Gasteiger partial charge in [0.25, 0.3) is 0 Å². The summed E-state index contributed by atoms with van der Waals surface area (Å²) in [5.41, 5.74) is 0. The quantitative estimate of drug-likeness (QED) is 0.557. The Labute approximate surface area is 61.9 Å². The van der Waals surface area contributed by atoms with E-state index in [1.54, 1.807) is 6.08 Å². The first-order chi connectivity index (χ1) is 4.63. The number of hydrogen-bond donors (Lipinski definition) is 0. The van der Waals surface area contributed by atoms with E-state index in [1.807, 2.05) is 13.8 Å². The largest absolute Gasteiger partial charge is 0.375 e. The lowest BCUT2D eigenvalue weighted by atomic mass is 10.4. The molecule has 0 radical (unpaired) electrons. The zero-order valence-electron chi connectivity index (χ0n) is 6.76. The predicted octanol–water partition coefficient (Wildman–Crippen LogP) is 1.56. The van der Waals surface area contributed by atoms with Crippen LogP contribution >= 0.6 is 0 Å². The van der Waals surface area contributed by atoms with Gasteiger partial charge < -0.3 is 4.74 Å². The van der Waals surface area contributed by atoms with E-state index in [-0.39, 0.29) is 11.9 Å². The summed E-state index contributed by atoms with van der Waals surface area (Å²) < 4.78 is 5.15.